The maximum atomic E-state index is 11.8. The van der Waals surface area contributed by atoms with E-state index in [9.17, 15) is 14.7 Å². The van der Waals surface area contributed by atoms with Gasteiger partial charge in [-0.1, -0.05) is 51.5 Å². The molecule has 3 aliphatic carbocycles. The Kier molecular flexibility index (Phi) is 8.79. The highest BCUT2D eigenvalue weighted by Gasteiger charge is 2.55. The topological polar surface area (TPSA) is 72.8 Å². The van der Waals surface area contributed by atoms with Crippen LogP contribution in [0.5, 0.6) is 5.75 Å². The van der Waals surface area contributed by atoms with Gasteiger partial charge in [-0.15, -0.1) is 0 Å². The van der Waals surface area contributed by atoms with Gasteiger partial charge in [0, 0.05) is 19.3 Å². The van der Waals surface area contributed by atoms with Gasteiger partial charge in [0.2, 0.25) is 0 Å². The van der Waals surface area contributed by atoms with E-state index < -0.39 is 0 Å². The molecule has 0 aromatic heterocycles. The number of rotatable bonds is 11. The van der Waals surface area contributed by atoms with Crippen molar-refractivity contribution in [3.05, 3.63) is 41.2 Å². The zero-order chi connectivity index (χ0) is 25.7. The molecule has 5 atom stereocenters. The average Bonchev–Trinajstić information content (AvgIpc) is 3.15. The Morgan fingerprint density at radius 3 is 2.47 bits per heavy atom. The molecule has 0 spiro atoms. The van der Waals surface area contributed by atoms with Crippen LogP contribution in [-0.2, 0) is 25.5 Å². The summed E-state index contributed by atoms with van der Waals surface area (Å²) in [7, 11) is 0. The summed E-state index contributed by atoms with van der Waals surface area (Å²) in [5.74, 6) is 3.11. The highest BCUT2D eigenvalue weighted by molar-refractivity contribution is 5.67. The molecule has 0 radical (unpaired) electrons. The number of hydrogen-bond donors (Lipinski definition) is 1. The van der Waals surface area contributed by atoms with Crippen LogP contribution < -0.4 is 0 Å². The molecule has 3 aliphatic rings. The number of carbonyl (C=O) groups is 2. The third-order valence-electron chi connectivity index (χ3n) is 9.17. The molecule has 1 aromatic rings. The molecule has 0 heterocycles. The number of allylic oxidation sites excluding steroid dienone is 2. The van der Waals surface area contributed by atoms with Crippen molar-refractivity contribution in [3.63, 3.8) is 0 Å². The lowest BCUT2D eigenvalue weighted by Gasteiger charge is -2.52. The Morgan fingerprint density at radius 2 is 1.75 bits per heavy atom. The molecule has 0 unspecified atom stereocenters. The summed E-state index contributed by atoms with van der Waals surface area (Å²) in [6.45, 7) is 5.84. The smallest absolute Gasteiger partial charge is 0.307 e. The largest absolute Gasteiger partial charge is 0.508 e. The third-order valence-corrected chi connectivity index (χ3v) is 9.17. The van der Waals surface area contributed by atoms with E-state index in [1.807, 2.05) is 12.1 Å². The monoisotopic (exact) mass is 496 g/mol. The Labute approximate surface area is 216 Å². The van der Waals surface area contributed by atoms with Crippen LogP contribution in [0.1, 0.15) is 108 Å². The summed E-state index contributed by atoms with van der Waals surface area (Å²) in [5, 5.41) is 10.2. The van der Waals surface area contributed by atoms with E-state index in [1.54, 1.807) is 0 Å². The van der Waals surface area contributed by atoms with Gasteiger partial charge in [-0.2, -0.15) is 0 Å². The standard InChI is InChI=1S/C31H44O5/c1-21(32)35-18-10-8-6-4-5-7-9-11-23-19-24-20-25(34)12-13-26(24)27-16-17-31(3)28(30(23)27)14-15-29(31)36-22(2)33/h12-13,15,20,23,27-28,30,34H,4-11,14,16-19H2,1-3H3/t23-,27-,28+,30-,31+/m1/s1. The van der Waals surface area contributed by atoms with Crippen LogP contribution >= 0.6 is 0 Å². The maximum absolute atomic E-state index is 11.8. The van der Waals surface area contributed by atoms with Crippen LogP contribution in [0.15, 0.2) is 30.0 Å². The van der Waals surface area contributed by atoms with E-state index in [4.69, 9.17) is 9.47 Å². The molecule has 1 aromatic carbocycles. The van der Waals surface area contributed by atoms with E-state index in [0.29, 0.717) is 36.0 Å². The Balaban J connectivity index is 1.36. The average molecular weight is 497 g/mol. The zero-order valence-electron chi connectivity index (χ0n) is 22.4. The molecular weight excluding hydrogens is 452 g/mol. The lowest BCUT2D eigenvalue weighted by Crippen LogP contribution is -2.45. The molecule has 4 rings (SSSR count). The van der Waals surface area contributed by atoms with Gasteiger partial charge in [-0.05, 0) is 91.5 Å². The fraction of sp³-hybridized carbons (Fsp3) is 0.677. The quantitative estimate of drug-likeness (QED) is 0.259. The highest BCUT2D eigenvalue weighted by Crippen LogP contribution is 2.63. The molecule has 1 N–H and O–H groups in total. The number of unbranched alkanes of at least 4 members (excludes halogenated alkanes) is 6. The number of fused-ring (bicyclic) bond motifs is 5. The van der Waals surface area contributed by atoms with Crippen LogP contribution in [0, 0.1) is 23.2 Å². The highest BCUT2D eigenvalue weighted by atomic mass is 16.5. The van der Waals surface area contributed by atoms with Crippen molar-refractivity contribution in [2.24, 2.45) is 23.2 Å². The number of esters is 2. The van der Waals surface area contributed by atoms with E-state index in [1.165, 1.54) is 63.5 Å². The second-order valence-corrected chi connectivity index (χ2v) is 11.6. The predicted molar refractivity (Wildman–Crippen MR) is 140 cm³/mol. The Bertz CT molecular complexity index is 966. The second kappa shape index (κ2) is 11.8. The number of aromatic hydroxyl groups is 1. The summed E-state index contributed by atoms with van der Waals surface area (Å²) in [6.07, 6.45) is 15.9. The molecule has 198 valence electrons. The minimum atomic E-state index is -0.211. The summed E-state index contributed by atoms with van der Waals surface area (Å²) in [5.41, 5.74) is 2.72. The molecule has 1 fully saturated rings. The normalized spacial score (nSPS) is 28.5. The number of phenols is 1. The van der Waals surface area contributed by atoms with E-state index in [2.05, 4.69) is 19.1 Å². The third kappa shape index (κ3) is 5.98. The van der Waals surface area contributed by atoms with Gasteiger partial charge >= 0.3 is 11.9 Å². The molecule has 5 heteroatoms. The lowest BCUT2D eigenvalue weighted by atomic mass is 9.52. The van der Waals surface area contributed by atoms with Crippen LogP contribution in [0.3, 0.4) is 0 Å². The molecule has 0 aliphatic heterocycles. The molecule has 5 nitrogen and oxygen atoms in total. The minimum absolute atomic E-state index is 0.0500. The molecule has 0 saturated heterocycles. The first-order valence-electron chi connectivity index (χ1n) is 14.1. The van der Waals surface area contributed by atoms with E-state index in [-0.39, 0.29) is 17.4 Å². The van der Waals surface area contributed by atoms with Crippen LogP contribution in [0.2, 0.25) is 0 Å². The van der Waals surface area contributed by atoms with E-state index >= 15 is 0 Å². The molecular formula is C31H44O5. The molecule has 36 heavy (non-hydrogen) atoms. The molecule has 0 bridgehead atoms. The lowest BCUT2D eigenvalue weighted by molar-refractivity contribution is -0.141. The van der Waals surface area contributed by atoms with Gasteiger partial charge in [-0.25, -0.2) is 0 Å². The van der Waals surface area contributed by atoms with Crippen LogP contribution in [0.4, 0.5) is 0 Å². The first-order valence-corrected chi connectivity index (χ1v) is 14.1. The van der Waals surface area contributed by atoms with Crippen LogP contribution in [0.25, 0.3) is 0 Å². The van der Waals surface area contributed by atoms with Gasteiger partial charge in [0.15, 0.2) is 0 Å². The zero-order valence-corrected chi connectivity index (χ0v) is 22.4. The minimum Gasteiger partial charge on any atom is -0.508 e. The number of hydrogen-bond acceptors (Lipinski definition) is 5. The summed E-state index contributed by atoms with van der Waals surface area (Å²) in [6, 6.07) is 6.02. The van der Waals surface area contributed by atoms with Gasteiger partial charge in [0.05, 0.1) is 6.61 Å². The van der Waals surface area contributed by atoms with Crippen LogP contribution in [-0.4, -0.2) is 23.7 Å². The fourth-order valence-corrected chi connectivity index (χ4v) is 7.51. The predicted octanol–water partition coefficient (Wildman–Crippen LogP) is 7.22. The van der Waals surface area contributed by atoms with Gasteiger partial charge < -0.3 is 14.6 Å². The van der Waals surface area contributed by atoms with Gasteiger partial charge in [-0.3, -0.25) is 9.59 Å². The Hall–Kier alpha value is -2.30. The number of carbonyl (C=O) groups excluding carboxylic acids is 2. The first kappa shape index (κ1) is 26.8. The SMILES string of the molecule is CC(=O)OCCCCCCCCC[C@@H]1Cc2cc(O)ccc2[C@H]2CC[C@]3(C)C(OC(C)=O)=CC[C@H]3[C@H]12. The van der Waals surface area contributed by atoms with E-state index in [0.717, 1.165) is 44.3 Å². The van der Waals surface area contributed by atoms with Gasteiger partial charge in [0.25, 0.3) is 0 Å². The summed E-state index contributed by atoms with van der Waals surface area (Å²) in [4.78, 5) is 22.6. The van der Waals surface area contributed by atoms with Crippen molar-refractivity contribution in [1.29, 1.82) is 0 Å². The maximum Gasteiger partial charge on any atom is 0.307 e. The van der Waals surface area contributed by atoms with Crippen molar-refractivity contribution in [2.75, 3.05) is 6.61 Å². The second-order valence-electron chi connectivity index (χ2n) is 11.6. The number of benzene rings is 1. The molecule has 1 saturated carbocycles. The molecule has 0 amide bonds. The van der Waals surface area contributed by atoms with Crippen molar-refractivity contribution in [1.82, 2.24) is 0 Å². The van der Waals surface area contributed by atoms with Crippen molar-refractivity contribution in [2.45, 2.75) is 104 Å². The van der Waals surface area contributed by atoms with Crippen molar-refractivity contribution >= 4 is 11.9 Å². The summed E-state index contributed by atoms with van der Waals surface area (Å²) >= 11 is 0. The van der Waals surface area contributed by atoms with Crippen molar-refractivity contribution in [3.8, 4) is 5.75 Å². The number of phenolic OH excluding ortho intramolecular Hbond substituents is 1. The fourth-order valence-electron chi connectivity index (χ4n) is 7.51. The number of ether oxygens (including phenoxy) is 2. The Morgan fingerprint density at radius 1 is 1.03 bits per heavy atom. The van der Waals surface area contributed by atoms with Gasteiger partial charge in [0.1, 0.15) is 11.5 Å². The summed E-state index contributed by atoms with van der Waals surface area (Å²) < 4.78 is 10.7. The first-order chi connectivity index (χ1) is 17.3. The van der Waals surface area contributed by atoms with Crippen molar-refractivity contribution < 1.29 is 24.2 Å².